The topological polar surface area (TPSA) is 40.6 Å². The molecule has 2 aromatic carbocycles. The van der Waals surface area contributed by atoms with E-state index in [1.165, 1.54) is 6.07 Å². The number of ketones is 1. The molecule has 3 rings (SSSR count). The van der Waals surface area contributed by atoms with Crippen LogP contribution in [-0.4, -0.2) is 42.8 Å². The average molecular weight is 404 g/mol. The van der Waals surface area contributed by atoms with Gasteiger partial charge in [0.15, 0.2) is 17.4 Å². The Kier molecular flexibility index (Phi) is 6.25. The molecule has 1 amide bonds. The van der Waals surface area contributed by atoms with Crippen molar-refractivity contribution < 1.29 is 22.8 Å². The molecule has 2 aromatic rings. The van der Waals surface area contributed by atoms with Gasteiger partial charge in [-0.25, -0.2) is 13.2 Å². The van der Waals surface area contributed by atoms with E-state index in [1.54, 1.807) is 24.0 Å². The second kappa shape index (κ2) is 8.68. The van der Waals surface area contributed by atoms with Crippen LogP contribution in [0.3, 0.4) is 0 Å². The number of carbonyl (C=O) groups excluding carboxylic acids is 2. The van der Waals surface area contributed by atoms with Crippen LogP contribution in [-0.2, 0) is 0 Å². The second-order valence-corrected chi connectivity index (χ2v) is 7.20. The molecule has 1 saturated heterocycles. The van der Waals surface area contributed by atoms with Crippen molar-refractivity contribution in [2.75, 3.05) is 31.1 Å². The van der Waals surface area contributed by atoms with Crippen molar-refractivity contribution in [1.29, 1.82) is 0 Å². The third kappa shape index (κ3) is 4.44. The monoisotopic (exact) mass is 404 g/mol. The number of halogens is 3. The number of amides is 1. The summed E-state index contributed by atoms with van der Waals surface area (Å²) >= 11 is 0. The fourth-order valence-corrected chi connectivity index (χ4v) is 3.51. The maximum Gasteiger partial charge on any atom is 0.254 e. The van der Waals surface area contributed by atoms with E-state index in [0.717, 1.165) is 12.1 Å². The van der Waals surface area contributed by atoms with Crippen molar-refractivity contribution in [3.05, 3.63) is 64.5 Å². The molecular formula is C22H23F3N2O2. The number of piperazine rings is 1. The predicted molar refractivity (Wildman–Crippen MR) is 105 cm³/mol. The summed E-state index contributed by atoms with van der Waals surface area (Å²) in [4.78, 5) is 28.0. The summed E-state index contributed by atoms with van der Waals surface area (Å²) in [6.45, 7) is 4.90. The fraction of sp³-hybridized carbons (Fsp3) is 0.364. The molecule has 0 bridgehead atoms. The number of anilines is 1. The molecule has 7 heteroatoms. The first-order chi connectivity index (χ1) is 13.8. The zero-order chi connectivity index (χ0) is 21.1. The predicted octanol–water partition coefficient (Wildman–Crippen LogP) is 4.36. The zero-order valence-electron chi connectivity index (χ0n) is 16.5. The van der Waals surface area contributed by atoms with Crippen LogP contribution in [0.5, 0.6) is 0 Å². The van der Waals surface area contributed by atoms with Crippen LogP contribution < -0.4 is 4.90 Å². The van der Waals surface area contributed by atoms with Crippen LogP contribution in [0, 0.1) is 24.4 Å². The van der Waals surface area contributed by atoms with E-state index in [4.69, 9.17) is 0 Å². The quantitative estimate of drug-likeness (QED) is 0.696. The Hall–Kier alpha value is -2.83. The Morgan fingerprint density at radius 3 is 2.21 bits per heavy atom. The van der Waals surface area contributed by atoms with Gasteiger partial charge in [0.2, 0.25) is 0 Å². The smallest absolute Gasteiger partial charge is 0.254 e. The van der Waals surface area contributed by atoms with Crippen LogP contribution in [0.1, 0.15) is 46.0 Å². The van der Waals surface area contributed by atoms with Gasteiger partial charge in [0.05, 0.1) is 5.69 Å². The molecule has 1 fully saturated rings. The molecule has 0 N–H and O–H groups in total. The zero-order valence-corrected chi connectivity index (χ0v) is 16.5. The summed E-state index contributed by atoms with van der Waals surface area (Å²) in [5.74, 6) is -2.97. The van der Waals surface area contributed by atoms with Crippen molar-refractivity contribution in [2.45, 2.75) is 26.7 Å². The highest BCUT2D eigenvalue weighted by Crippen LogP contribution is 2.24. The summed E-state index contributed by atoms with van der Waals surface area (Å²) in [5.41, 5.74) is 1.24. The Morgan fingerprint density at radius 1 is 0.931 bits per heavy atom. The lowest BCUT2D eigenvalue weighted by molar-refractivity contribution is 0.0745. The fourth-order valence-electron chi connectivity index (χ4n) is 3.51. The van der Waals surface area contributed by atoms with E-state index in [-0.39, 0.29) is 17.3 Å². The maximum atomic E-state index is 14.5. The molecule has 1 heterocycles. The van der Waals surface area contributed by atoms with Crippen LogP contribution in [0.15, 0.2) is 30.3 Å². The Bertz CT molecular complexity index is 938. The minimum absolute atomic E-state index is 0.0877. The Morgan fingerprint density at radius 2 is 1.59 bits per heavy atom. The van der Waals surface area contributed by atoms with Crippen molar-refractivity contribution in [3.8, 4) is 0 Å². The summed E-state index contributed by atoms with van der Waals surface area (Å²) in [5, 5.41) is 0. The number of carbonyl (C=O) groups is 2. The van der Waals surface area contributed by atoms with Gasteiger partial charge in [-0.05, 0) is 49.2 Å². The molecule has 154 valence electrons. The minimum Gasteiger partial charge on any atom is -0.366 e. The molecule has 0 unspecified atom stereocenters. The van der Waals surface area contributed by atoms with Crippen LogP contribution in [0.2, 0.25) is 0 Å². The molecule has 0 aromatic heterocycles. The number of hydrogen-bond acceptors (Lipinski definition) is 3. The van der Waals surface area contributed by atoms with Gasteiger partial charge in [0.1, 0.15) is 5.82 Å². The van der Waals surface area contributed by atoms with Crippen molar-refractivity contribution >= 4 is 17.4 Å². The Labute approximate surface area is 167 Å². The molecule has 0 spiro atoms. The van der Waals surface area contributed by atoms with Crippen molar-refractivity contribution in [1.82, 2.24) is 4.90 Å². The van der Waals surface area contributed by atoms with E-state index in [0.29, 0.717) is 55.8 Å². The van der Waals surface area contributed by atoms with Crippen molar-refractivity contribution in [2.24, 2.45) is 0 Å². The van der Waals surface area contributed by atoms with E-state index in [2.05, 4.69) is 0 Å². The van der Waals surface area contributed by atoms with Gasteiger partial charge in [0, 0.05) is 43.7 Å². The molecule has 0 saturated carbocycles. The van der Waals surface area contributed by atoms with Gasteiger partial charge in [-0.15, -0.1) is 0 Å². The summed E-state index contributed by atoms with van der Waals surface area (Å²) < 4.78 is 41.4. The largest absolute Gasteiger partial charge is 0.366 e. The average Bonchev–Trinajstić information content (AvgIpc) is 2.70. The van der Waals surface area contributed by atoms with Crippen LogP contribution in [0.25, 0.3) is 0 Å². The third-order valence-electron chi connectivity index (χ3n) is 5.15. The molecule has 0 radical (unpaired) electrons. The lowest BCUT2D eigenvalue weighted by Crippen LogP contribution is -2.49. The highest BCUT2D eigenvalue weighted by Gasteiger charge is 2.25. The number of aryl methyl sites for hydroxylation is 1. The van der Waals surface area contributed by atoms with E-state index in [9.17, 15) is 22.8 Å². The van der Waals surface area contributed by atoms with E-state index >= 15 is 0 Å². The number of Topliss-reactive ketones (excluding diaryl/α,β-unsaturated/α-hetero) is 1. The number of nitrogens with zero attached hydrogens (tertiary/aromatic N) is 2. The first-order valence-electron chi connectivity index (χ1n) is 9.64. The number of benzene rings is 2. The molecule has 29 heavy (non-hydrogen) atoms. The second-order valence-electron chi connectivity index (χ2n) is 7.20. The van der Waals surface area contributed by atoms with Crippen molar-refractivity contribution in [3.63, 3.8) is 0 Å². The summed E-state index contributed by atoms with van der Waals surface area (Å²) in [7, 11) is 0. The molecule has 0 atom stereocenters. The third-order valence-corrected chi connectivity index (χ3v) is 5.15. The number of rotatable bonds is 5. The Balaban J connectivity index is 1.68. The van der Waals surface area contributed by atoms with Crippen LogP contribution >= 0.6 is 0 Å². The standard InChI is InChI=1S/C22H23F3N2O2/c1-3-4-21(28)15-5-6-20(19(25)12-15)26-7-9-27(10-8-26)22(29)16-13-18(24)17(23)11-14(16)2/h5-6,11-13H,3-4,7-10H2,1-2H3. The van der Waals surface area contributed by atoms with E-state index < -0.39 is 17.5 Å². The highest BCUT2D eigenvalue weighted by atomic mass is 19.2. The van der Waals surface area contributed by atoms with Gasteiger partial charge in [-0.1, -0.05) is 6.92 Å². The normalized spacial score (nSPS) is 14.2. The maximum absolute atomic E-state index is 14.5. The molecule has 0 aliphatic carbocycles. The van der Waals surface area contributed by atoms with Gasteiger partial charge in [-0.3, -0.25) is 9.59 Å². The minimum atomic E-state index is -1.06. The number of hydrogen-bond donors (Lipinski definition) is 0. The molecule has 1 aliphatic heterocycles. The lowest BCUT2D eigenvalue weighted by atomic mass is 10.1. The van der Waals surface area contributed by atoms with Crippen LogP contribution in [0.4, 0.5) is 18.9 Å². The lowest BCUT2D eigenvalue weighted by Gasteiger charge is -2.36. The first-order valence-corrected chi connectivity index (χ1v) is 9.64. The SMILES string of the molecule is CCCC(=O)c1ccc(N2CCN(C(=O)c3cc(F)c(F)cc3C)CC2)c(F)c1. The van der Waals surface area contributed by atoms with Gasteiger partial charge < -0.3 is 9.80 Å². The molecular weight excluding hydrogens is 381 g/mol. The summed E-state index contributed by atoms with van der Waals surface area (Å²) in [6, 6.07) is 6.41. The molecule has 4 nitrogen and oxygen atoms in total. The van der Waals surface area contributed by atoms with Gasteiger partial charge >= 0.3 is 0 Å². The first kappa shape index (κ1) is 20.9. The highest BCUT2D eigenvalue weighted by molar-refractivity contribution is 5.96. The molecule has 1 aliphatic rings. The van der Waals surface area contributed by atoms with Gasteiger partial charge in [0.25, 0.3) is 5.91 Å². The summed E-state index contributed by atoms with van der Waals surface area (Å²) in [6.07, 6.45) is 1.08. The van der Waals surface area contributed by atoms with Gasteiger partial charge in [-0.2, -0.15) is 0 Å². The van der Waals surface area contributed by atoms with E-state index in [1.807, 2.05) is 11.8 Å².